The van der Waals surface area contributed by atoms with Gasteiger partial charge >= 0.3 is 14.5 Å². The van der Waals surface area contributed by atoms with Gasteiger partial charge in [-0.15, -0.1) is 0 Å². The van der Waals surface area contributed by atoms with Crippen LogP contribution in [0.5, 0.6) is 5.75 Å². The van der Waals surface area contributed by atoms with Crippen LogP contribution in [0.15, 0.2) is 24.3 Å². The summed E-state index contributed by atoms with van der Waals surface area (Å²) in [7, 11) is -2.25. The van der Waals surface area contributed by atoms with Crippen molar-refractivity contribution in [3.8, 4) is 5.75 Å². The molecule has 0 bridgehead atoms. The number of hydrogen-bond donors (Lipinski definition) is 0. The Labute approximate surface area is 77.5 Å². The fourth-order valence-corrected chi connectivity index (χ4v) is 2.59. The van der Waals surface area contributed by atoms with E-state index in [1.54, 1.807) is 18.2 Å². The first-order valence-corrected chi connectivity index (χ1v) is 6.91. The maximum Gasteiger partial charge on any atom is 0.456 e. The molecule has 0 spiro atoms. The topological polar surface area (TPSA) is 35.5 Å². The van der Waals surface area contributed by atoms with E-state index in [2.05, 4.69) is 0 Å². The van der Waals surface area contributed by atoms with Crippen LogP contribution in [-0.2, 0) is 4.43 Å². The van der Waals surface area contributed by atoms with Gasteiger partial charge in [-0.25, -0.2) is 4.79 Å². The van der Waals surface area contributed by atoms with Gasteiger partial charge in [-0.3, -0.25) is 0 Å². The zero-order chi connectivity index (χ0) is 9.47. The minimum atomic E-state index is -2.25. The molecule has 1 heterocycles. The van der Waals surface area contributed by atoms with Gasteiger partial charge in [0.05, 0.1) is 5.56 Å². The fourth-order valence-electron chi connectivity index (χ4n) is 1.29. The van der Waals surface area contributed by atoms with Gasteiger partial charge in [0.1, 0.15) is 5.75 Å². The van der Waals surface area contributed by atoms with Gasteiger partial charge in [0.2, 0.25) is 0 Å². The highest BCUT2D eigenvalue weighted by atomic mass is 28.4. The maximum atomic E-state index is 11.4. The van der Waals surface area contributed by atoms with Crippen LogP contribution in [0.2, 0.25) is 13.1 Å². The van der Waals surface area contributed by atoms with Gasteiger partial charge in [0, 0.05) is 13.1 Å². The van der Waals surface area contributed by atoms with E-state index in [9.17, 15) is 4.79 Å². The predicted octanol–water partition coefficient (Wildman–Crippen LogP) is 1.94. The van der Waals surface area contributed by atoms with Crippen LogP contribution in [0.4, 0.5) is 0 Å². The lowest BCUT2D eigenvalue weighted by molar-refractivity contribution is 0.0662. The smallest absolute Gasteiger partial charge is 0.456 e. The van der Waals surface area contributed by atoms with E-state index < -0.39 is 8.56 Å². The Morgan fingerprint density at radius 1 is 1.15 bits per heavy atom. The lowest BCUT2D eigenvalue weighted by atomic mass is 10.2. The molecule has 0 N–H and O–H groups in total. The number of rotatable bonds is 0. The summed E-state index contributed by atoms with van der Waals surface area (Å²) in [6.45, 7) is 3.70. The standard InChI is InChI=1S/C9H10O3Si/c1-13(2)11-8-6-4-3-5-7(8)9(10)12-13/h3-6H,1-2H3. The quantitative estimate of drug-likeness (QED) is 0.592. The van der Waals surface area contributed by atoms with Gasteiger partial charge in [-0.2, -0.15) is 0 Å². The largest absolute Gasteiger partial charge is 0.511 e. The monoisotopic (exact) mass is 194 g/mol. The Hall–Kier alpha value is -1.29. The Bertz CT molecular complexity index is 360. The highest BCUT2D eigenvalue weighted by Gasteiger charge is 2.37. The number of carbonyl (C=O) groups excluding carboxylic acids is 1. The molecule has 1 aromatic carbocycles. The van der Waals surface area contributed by atoms with Crippen molar-refractivity contribution in [3.05, 3.63) is 29.8 Å². The van der Waals surface area contributed by atoms with Crippen molar-refractivity contribution < 1.29 is 13.6 Å². The minimum absolute atomic E-state index is 0.265. The SMILES string of the molecule is C[Si]1(C)OC(=O)c2ccccc2O1. The lowest BCUT2D eigenvalue weighted by Gasteiger charge is -2.29. The third-order valence-electron chi connectivity index (χ3n) is 1.80. The molecule has 0 saturated carbocycles. The third-order valence-corrected chi connectivity index (χ3v) is 3.19. The predicted molar refractivity (Wildman–Crippen MR) is 50.0 cm³/mol. The summed E-state index contributed by atoms with van der Waals surface area (Å²) in [5.41, 5.74) is 0.523. The molecule has 4 heteroatoms. The molecular formula is C9H10O3Si. The lowest BCUT2D eigenvalue weighted by Crippen LogP contribution is -2.44. The van der Waals surface area contributed by atoms with Gasteiger partial charge in [-0.1, -0.05) is 12.1 Å². The molecule has 0 unspecified atom stereocenters. The second-order valence-corrected chi connectivity index (χ2v) is 6.60. The van der Waals surface area contributed by atoms with Gasteiger partial charge < -0.3 is 8.85 Å². The summed E-state index contributed by atoms with van der Waals surface area (Å²) in [4.78, 5) is 11.4. The second-order valence-electron chi connectivity index (χ2n) is 3.39. The van der Waals surface area contributed by atoms with Gasteiger partial charge in [-0.05, 0) is 12.1 Å². The molecule has 2 rings (SSSR count). The van der Waals surface area contributed by atoms with E-state index in [-0.39, 0.29) is 5.97 Å². The van der Waals surface area contributed by atoms with E-state index >= 15 is 0 Å². The van der Waals surface area contributed by atoms with Crippen molar-refractivity contribution in [1.29, 1.82) is 0 Å². The van der Waals surface area contributed by atoms with Crippen molar-refractivity contribution in [2.45, 2.75) is 13.1 Å². The molecule has 1 aromatic rings. The Balaban J connectivity index is 2.49. The van der Waals surface area contributed by atoms with Crippen molar-refractivity contribution in [2.24, 2.45) is 0 Å². The van der Waals surface area contributed by atoms with Crippen LogP contribution >= 0.6 is 0 Å². The summed E-state index contributed by atoms with van der Waals surface area (Å²) >= 11 is 0. The summed E-state index contributed by atoms with van der Waals surface area (Å²) in [6, 6.07) is 7.15. The molecule has 1 aliphatic heterocycles. The number of carbonyl (C=O) groups is 1. The van der Waals surface area contributed by atoms with E-state index in [1.807, 2.05) is 19.2 Å². The first-order valence-electron chi connectivity index (χ1n) is 4.10. The molecule has 0 radical (unpaired) electrons. The first kappa shape index (κ1) is 8.31. The summed E-state index contributed by atoms with van der Waals surface area (Å²) in [5.74, 6) is 0.383. The Morgan fingerprint density at radius 3 is 2.62 bits per heavy atom. The highest BCUT2D eigenvalue weighted by Crippen LogP contribution is 2.28. The minimum Gasteiger partial charge on any atom is -0.511 e. The van der Waals surface area contributed by atoms with Gasteiger partial charge in [0.25, 0.3) is 0 Å². The van der Waals surface area contributed by atoms with Crippen LogP contribution in [0, 0.1) is 0 Å². The normalized spacial score (nSPS) is 18.5. The molecule has 0 aromatic heterocycles. The zero-order valence-corrected chi connectivity index (χ0v) is 8.53. The average molecular weight is 194 g/mol. The number of fused-ring (bicyclic) bond motifs is 1. The van der Waals surface area contributed by atoms with Crippen LogP contribution in [0.1, 0.15) is 10.4 Å². The van der Waals surface area contributed by atoms with Crippen molar-refractivity contribution in [1.82, 2.24) is 0 Å². The first-order chi connectivity index (χ1) is 6.08. The molecule has 0 fully saturated rings. The number of benzene rings is 1. The highest BCUT2D eigenvalue weighted by molar-refractivity contribution is 6.67. The molecule has 0 amide bonds. The molecular weight excluding hydrogens is 184 g/mol. The zero-order valence-electron chi connectivity index (χ0n) is 7.53. The second kappa shape index (κ2) is 2.60. The Kier molecular flexibility index (Phi) is 1.66. The fraction of sp³-hybridized carbons (Fsp3) is 0.222. The van der Waals surface area contributed by atoms with Crippen LogP contribution in [-0.4, -0.2) is 14.5 Å². The van der Waals surface area contributed by atoms with E-state index in [0.29, 0.717) is 11.3 Å². The average Bonchev–Trinajstić information content (AvgIpc) is 2.02. The van der Waals surface area contributed by atoms with E-state index in [0.717, 1.165) is 0 Å². The van der Waals surface area contributed by atoms with Crippen molar-refractivity contribution in [2.75, 3.05) is 0 Å². The number of para-hydroxylation sites is 1. The Morgan fingerprint density at radius 2 is 1.85 bits per heavy atom. The summed E-state index contributed by atoms with van der Waals surface area (Å²) < 4.78 is 10.8. The molecule has 1 aliphatic rings. The van der Waals surface area contributed by atoms with Crippen LogP contribution in [0.3, 0.4) is 0 Å². The van der Waals surface area contributed by atoms with Gasteiger partial charge in [0.15, 0.2) is 0 Å². The summed E-state index contributed by atoms with van der Waals surface area (Å²) in [6.07, 6.45) is 0. The third kappa shape index (κ3) is 1.44. The van der Waals surface area contributed by atoms with Crippen molar-refractivity contribution >= 4 is 14.5 Å². The molecule has 0 atom stereocenters. The van der Waals surface area contributed by atoms with Crippen LogP contribution < -0.4 is 4.43 Å². The molecule has 13 heavy (non-hydrogen) atoms. The van der Waals surface area contributed by atoms with E-state index in [1.165, 1.54) is 0 Å². The number of hydrogen-bond acceptors (Lipinski definition) is 3. The van der Waals surface area contributed by atoms with E-state index in [4.69, 9.17) is 8.85 Å². The molecule has 0 saturated heterocycles. The van der Waals surface area contributed by atoms with Crippen molar-refractivity contribution in [3.63, 3.8) is 0 Å². The molecule has 3 nitrogen and oxygen atoms in total. The van der Waals surface area contributed by atoms with Crippen LogP contribution in [0.25, 0.3) is 0 Å². The summed E-state index contributed by atoms with van der Waals surface area (Å²) in [5, 5.41) is 0. The maximum absolute atomic E-state index is 11.4. The molecule has 0 aliphatic carbocycles. The molecule has 68 valence electrons.